The quantitative estimate of drug-likeness (QED) is 0.793. The number of rotatable bonds is 7. The number of aromatic nitrogens is 4. The molecule has 0 spiro atoms. The van der Waals surface area contributed by atoms with Crippen molar-refractivity contribution < 1.29 is 4.79 Å². The Bertz CT molecular complexity index is 567. The van der Waals surface area contributed by atoms with E-state index in [1.807, 2.05) is 19.1 Å². The summed E-state index contributed by atoms with van der Waals surface area (Å²) >= 11 is 0. The molecule has 2 aromatic rings. The van der Waals surface area contributed by atoms with Gasteiger partial charge in [0.15, 0.2) is 0 Å². The van der Waals surface area contributed by atoms with Gasteiger partial charge in [0.05, 0.1) is 5.69 Å². The van der Waals surface area contributed by atoms with E-state index in [0.29, 0.717) is 5.56 Å². The highest BCUT2D eigenvalue weighted by molar-refractivity contribution is 5.94. The Kier molecular flexibility index (Phi) is 5.43. The Morgan fingerprint density at radius 3 is 2.95 bits per heavy atom. The van der Waals surface area contributed by atoms with Gasteiger partial charge in [0.25, 0.3) is 5.91 Å². The van der Waals surface area contributed by atoms with E-state index >= 15 is 0 Å². The van der Waals surface area contributed by atoms with E-state index in [9.17, 15) is 4.79 Å². The molecule has 112 valence electrons. The maximum atomic E-state index is 12.2. The largest absolute Gasteiger partial charge is 0.350 e. The first-order valence-corrected chi connectivity index (χ1v) is 7.35. The molecule has 6 heteroatoms. The summed E-state index contributed by atoms with van der Waals surface area (Å²) in [4.78, 5) is 12.2. The van der Waals surface area contributed by atoms with Gasteiger partial charge in [-0.15, -0.1) is 5.10 Å². The minimum Gasteiger partial charge on any atom is -0.350 e. The van der Waals surface area contributed by atoms with Crippen LogP contribution >= 0.6 is 0 Å². The minimum absolute atomic E-state index is 0.0612. The zero-order valence-electron chi connectivity index (χ0n) is 12.5. The lowest BCUT2D eigenvalue weighted by Crippen LogP contribution is -2.32. The van der Waals surface area contributed by atoms with Crippen LogP contribution in [0.5, 0.6) is 0 Å². The van der Waals surface area contributed by atoms with E-state index < -0.39 is 0 Å². The molecule has 0 fully saturated rings. The van der Waals surface area contributed by atoms with E-state index in [1.165, 1.54) is 23.9 Å². The first-order valence-electron chi connectivity index (χ1n) is 7.35. The van der Waals surface area contributed by atoms with Crippen molar-refractivity contribution in [2.75, 3.05) is 0 Å². The third-order valence-corrected chi connectivity index (χ3v) is 3.34. The number of nitrogens with one attached hydrogen (secondary N) is 1. The van der Waals surface area contributed by atoms with Crippen LogP contribution in [-0.2, 0) is 0 Å². The topological polar surface area (TPSA) is 72.7 Å². The van der Waals surface area contributed by atoms with E-state index in [-0.39, 0.29) is 11.9 Å². The maximum absolute atomic E-state index is 12.2. The predicted molar refractivity (Wildman–Crippen MR) is 80.2 cm³/mol. The number of carbonyl (C=O) groups excluding carboxylic acids is 1. The fourth-order valence-electron chi connectivity index (χ4n) is 2.15. The van der Waals surface area contributed by atoms with Crippen LogP contribution in [0.1, 0.15) is 49.9 Å². The number of amides is 1. The Balaban J connectivity index is 1.98. The molecule has 0 unspecified atom stereocenters. The van der Waals surface area contributed by atoms with Crippen molar-refractivity contribution in [3.05, 3.63) is 36.2 Å². The molecule has 1 N–H and O–H groups in total. The molecule has 21 heavy (non-hydrogen) atoms. The van der Waals surface area contributed by atoms with Crippen molar-refractivity contribution in [3.63, 3.8) is 0 Å². The van der Waals surface area contributed by atoms with Crippen LogP contribution in [0.4, 0.5) is 0 Å². The SMILES string of the molecule is CCCCC[C@H](C)NC(=O)c1cccc(-n2cnnn2)c1. The fraction of sp³-hybridized carbons (Fsp3) is 0.467. The van der Waals surface area contributed by atoms with Crippen LogP contribution in [0, 0.1) is 0 Å². The normalized spacial score (nSPS) is 12.1. The Hall–Kier alpha value is -2.24. The molecule has 6 nitrogen and oxygen atoms in total. The van der Waals surface area contributed by atoms with Crippen LogP contribution in [0.3, 0.4) is 0 Å². The van der Waals surface area contributed by atoms with Crippen molar-refractivity contribution in [2.45, 2.75) is 45.6 Å². The van der Waals surface area contributed by atoms with Crippen molar-refractivity contribution in [2.24, 2.45) is 0 Å². The summed E-state index contributed by atoms with van der Waals surface area (Å²) in [5.41, 5.74) is 1.39. The van der Waals surface area contributed by atoms with Crippen LogP contribution in [-0.4, -0.2) is 32.2 Å². The number of unbranched alkanes of at least 4 members (excludes halogenated alkanes) is 2. The smallest absolute Gasteiger partial charge is 0.251 e. The average molecular weight is 287 g/mol. The lowest BCUT2D eigenvalue weighted by molar-refractivity contribution is 0.0938. The molecule has 1 aromatic carbocycles. The lowest BCUT2D eigenvalue weighted by Gasteiger charge is -2.14. The number of tetrazole rings is 1. The summed E-state index contributed by atoms with van der Waals surface area (Å²) in [6, 6.07) is 7.44. The molecule has 1 amide bonds. The van der Waals surface area contributed by atoms with Gasteiger partial charge in [-0.25, -0.2) is 4.68 Å². The first kappa shape index (κ1) is 15.2. The van der Waals surface area contributed by atoms with Gasteiger partial charge in [-0.1, -0.05) is 32.3 Å². The highest BCUT2D eigenvalue weighted by Crippen LogP contribution is 2.10. The first-order chi connectivity index (χ1) is 10.2. The summed E-state index contributed by atoms with van der Waals surface area (Å²) in [7, 11) is 0. The molecule has 0 saturated carbocycles. The van der Waals surface area contributed by atoms with Gasteiger partial charge in [0.1, 0.15) is 6.33 Å². The Labute approximate surface area is 124 Å². The minimum atomic E-state index is -0.0612. The zero-order valence-corrected chi connectivity index (χ0v) is 12.5. The van der Waals surface area contributed by atoms with Crippen molar-refractivity contribution in [1.82, 2.24) is 25.5 Å². The predicted octanol–water partition coefficient (Wildman–Crippen LogP) is 2.36. The monoisotopic (exact) mass is 287 g/mol. The molecule has 1 heterocycles. The van der Waals surface area contributed by atoms with Crippen LogP contribution < -0.4 is 5.32 Å². The molecule has 0 aliphatic carbocycles. The van der Waals surface area contributed by atoms with E-state index in [0.717, 1.165) is 18.5 Å². The zero-order chi connectivity index (χ0) is 15.1. The average Bonchev–Trinajstić information content (AvgIpc) is 3.02. The number of benzene rings is 1. The number of hydrogen-bond acceptors (Lipinski definition) is 4. The molecular formula is C15H21N5O. The standard InChI is InChI=1S/C15H21N5O/c1-3-4-5-7-12(2)17-15(21)13-8-6-9-14(10-13)20-11-16-18-19-20/h6,8-12H,3-5,7H2,1-2H3,(H,17,21)/t12-/m0/s1. The van der Waals surface area contributed by atoms with E-state index in [4.69, 9.17) is 0 Å². The van der Waals surface area contributed by atoms with Gasteiger partial charge in [0.2, 0.25) is 0 Å². The summed E-state index contributed by atoms with van der Waals surface area (Å²) in [5.74, 6) is -0.0612. The van der Waals surface area contributed by atoms with Crippen molar-refractivity contribution in [1.29, 1.82) is 0 Å². The van der Waals surface area contributed by atoms with E-state index in [1.54, 1.807) is 12.1 Å². The van der Waals surface area contributed by atoms with Gasteiger partial charge >= 0.3 is 0 Å². The van der Waals surface area contributed by atoms with Gasteiger partial charge in [0, 0.05) is 11.6 Å². The molecule has 0 aliphatic heterocycles. The van der Waals surface area contributed by atoms with Gasteiger partial charge < -0.3 is 5.32 Å². The van der Waals surface area contributed by atoms with Crippen LogP contribution in [0.2, 0.25) is 0 Å². The third-order valence-electron chi connectivity index (χ3n) is 3.34. The molecular weight excluding hydrogens is 266 g/mol. The Morgan fingerprint density at radius 2 is 2.24 bits per heavy atom. The lowest BCUT2D eigenvalue weighted by atomic mass is 10.1. The highest BCUT2D eigenvalue weighted by atomic mass is 16.1. The fourth-order valence-corrected chi connectivity index (χ4v) is 2.15. The van der Waals surface area contributed by atoms with Gasteiger partial charge in [-0.05, 0) is 42.0 Å². The molecule has 0 saturated heterocycles. The number of hydrogen-bond donors (Lipinski definition) is 1. The highest BCUT2D eigenvalue weighted by Gasteiger charge is 2.10. The molecule has 0 aliphatic rings. The summed E-state index contributed by atoms with van der Waals surface area (Å²) < 4.78 is 1.53. The summed E-state index contributed by atoms with van der Waals surface area (Å²) in [6.07, 6.45) is 6.04. The molecule has 0 bridgehead atoms. The summed E-state index contributed by atoms with van der Waals surface area (Å²) in [5, 5.41) is 14.0. The van der Waals surface area contributed by atoms with E-state index in [2.05, 4.69) is 27.8 Å². The maximum Gasteiger partial charge on any atom is 0.251 e. The second kappa shape index (κ2) is 7.52. The molecule has 1 aromatic heterocycles. The van der Waals surface area contributed by atoms with Crippen LogP contribution in [0.25, 0.3) is 5.69 Å². The Morgan fingerprint density at radius 1 is 1.38 bits per heavy atom. The molecule has 2 rings (SSSR count). The number of carbonyl (C=O) groups is 1. The summed E-state index contributed by atoms with van der Waals surface area (Å²) in [6.45, 7) is 4.21. The van der Waals surface area contributed by atoms with Crippen molar-refractivity contribution >= 4 is 5.91 Å². The van der Waals surface area contributed by atoms with Gasteiger partial charge in [-0.3, -0.25) is 4.79 Å². The van der Waals surface area contributed by atoms with Gasteiger partial charge in [-0.2, -0.15) is 0 Å². The second-order valence-corrected chi connectivity index (χ2v) is 5.18. The molecule has 0 radical (unpaired) electrons. The molecule has 1 atom stereocenters. The second-order valence-electron chi connectivity index (χ2n) is 5.18. The number of nitrogens with zero attached hydrogens (tertiary/aromatic N) is 4. The third kappa shape index (κ3) is 4.37. The van der Waals surface area contributed by atoms with Crippen LogP contribution in [0.15, 0.2) is 30.6 Å². The van der Waals surface area contributed by atoms with Crippen molar-refractivity contribution in [3.8, 4) is 5.69 Å².